The summed E-state index contributed by atoms with van der Waals surface area (Å²) in [6.07, 6.45) is 4.84. The molecule has 2 aromatic rings. The first-order chi connectivity index (χ1) is 11.8. The van der Waals surface area contributed by atoms with E-state index in [0.717, 1.165) is 30.3 Å². The van der Waals surface area contributed by atoms with Crippen LogP contribution in [0.2, 0.25) is 4.89 Å². The number of hydrogen-bond acceptors (Lipinski definition) is 3. The van der Waals surface area contributed by atoms with Crippen LogP contribution in [0.3, 0.4) is 0 Å². The van der Waals surface area contributed by atoms with E-state index < -0.39 is 0 Å². The molecule has 1 aromatic carbocycles. The number of benzene rings is 1. The standard InChI is InChI=1S/C15H17N3.C4H5.ClH.Pd/c1-2-11-17-12-18(15-9-5-6-10-16-15)14-8-4-3-7-13(14)17;1-3-4-2;;/h3-10H,2,11-12H2,1H3;3H,1-2H2;1H;/q;;;+1/p-1. The minimum absolute atomic E-state index is 0.326. The first-order valence-corrected chi connectivity index (χ1v) is 10.9. The third-order valence-electron chi connectivity index (χ3n) is 3.50. The van der Waals surface area contributed by atoms with Crippen molar-refractivity contribution in [3.05, 3.63) is 67.0 Å². The number of hydrogen-bond donors (Lipinski definition) is 0. The summed E-state index contributed by atoms with van der Waals surface area (Å²) in [5, 5.41) is 0. The van der Waals surface area contributed by atoms with Crippen LogP contribution in [-0.4, -0.2) is 18.2 Å². The summed E-state index contributed by atoms with van der Waals surface area (Å²) in [6.45, 7) is 7.56. The van der Waals surface area contributed by atoms with Gasteiger partial charge in [0.15, 0.2) is 0 Å². The molecule has 0 amide bonds. The molecule has 0 N–H and O–H groups in total. The smallest absolute Gasteiger partial charge is 0.134 e. The number of fused-ring (bicyclic) bond motifs is 1. The van der Waals surface area contributed by atoms with Crippen molar-refractivity contribution in [2.24, 2.45) is 0 Å². The normalized spacial score (nSPS) is 12.2. The number of para-hydroxylation sites is 2. The van der Waals surface area contributed by atoms with Gasteiger partial charge in [0.2, 0.25) is 0 Å². The van der Waals surface area contributed by atoms with Gasteiger partial charge in [-0.05, 0) is 30.7 Å². The van der Waals surface area contributed by atoms with Gasteiger partial charge >= 0.3 is 49.8 Å². The summed E-state index contributed by atoms with van der Waals surface area (Å²) in [7, 11) is 5.33. The van der Waals surface area contributed by atoms with Crippen molar-refractivity contribution in [3.8, 4) is 0 Å². The maximum absolute atomic E-state index is 5.33. The third-order valence-corrected chi connectivity index (χ3v) is 4.64. The number of aromatic nitrogens is 1. The van der Waals surface area contributed by atoms with Crippen LogP contribution in [0.25, 0.3) is 0 Å². The van der Waals surface area contributed by atoms with Crippen molar-refractivity contribution >= 4 is 26.7 Å². The minimum atomic E-state index is 0.326. The van der Waals surface area contributed by atoms with Gasteiger partial charge in [-0.25, -0.2) is 4.98 Å². The SMILES string of the molecule is C=C=C[CH2][Pd][Cl].CCCN1CN(c2ccccn2)c2ccccc21. The predicted octanol–water partition coefficient (Wildman–Crippen LogP) is 5.39. The minimum Gasteiger partial charge on any atom is -0.352 e. The molecule has 0 atom stereocenters. The second kappa shape index (κ2) is 10.3. The molecule has 0 fully saturated rings. The number of anilines is 3. The zero-order valence-corrected chi connectivity index (χ0v) is 16.1. The molecule has 5 heteroatoms. The summed E-state index contributed by atoms with van der Waals surface area (Å²) < 4.78 is 0. The van der Waals surface area contributed by atoms with Crippen molar-refractivity contribution < 1.29 is 17.0 Å². The van der Waals surface area contributed by atoms with Gasteiger partial charge in [-0.15, -0.1) is 0 Å². The first-order valence-electron chi connectivity index (χ1n) is 7.82. The fraction of sp³-hybridized carbons (Fsp3) is 0.263. The van der Waals surface area contributed by atoms with Crippen molar-refractivity contribution in [2.75, 3.05) is 23.0 Å². The van der Waals surface area contributed by atoms with Crippen molar-refractivity contribution in [1.29, 1.82) is 0 Å². The molecule has 24 heavy (non-hydrogen) atoms. The zero-order valence-electron chi connectivity index (χ0n) is 13.8. The Morgan fingerprint density at radius 1 is 1.25 bits per heavy atom. The van der Waals surface area contributed by atoms with E-state index in [4.69, 9.17) is 9.53 Å². The van der Waals surface area contributed by atoms with Gasteiger partial charge in [-0.1, -0.05) is 25.1 Å². The van der Waals surface area contributed by atoms with E-state index >= 15 is 0 Å². The molecule has 0 saturated carbocycles. The Morgan fingerprint density at radius 3 is 2.58 bits per heavy atom. The molecule has 3 rings (SSSR count). The molecule has 0 spiro atoms. The van der Waals surface area contributed by atoms with Crippen LogP contribution in [0.1, 0.15) is 13.3 Å². The number of allylic oxidation sites excluding steroid dienone is 1. The molecule has 130 valence electrons. The van der Waals surface area contributed by atoms with E-state index in [0.29, 0.717) is 17.0 Å². The quantitative estimate of drug-likeness (QED) is 0.465. The van der Waals surface area contributed by atoms with Crippen molar-refractivity contribution in [2.45, 2.75) is 18.2 Å². The second-order valence-corrected chi connectivity index (χ2v) is 7.18. The monoisotopic (exact) mass is 433 g/mol. The molecule has 1 aliphatic rings. The van der Waals surface area contributed by atoms with Gasteiger partial charge < -0.3 is 9.80 Å². The van der Waals surface area contributed by atoms with E-state index in [1.807, 2.05) is 24.4 Å². The van der Waals surface area contributed by atoms with Crippen LogP contribution in [0.5, 0.6) is 0 Å². The molecule has 1 aliphatic heterocycles. The molecule has 1 aromatic heterocycles. The van der Waals surface area contributed by atoms with Crippen molar-refractivity contribution in [1.82, 2.24) is 4.98 Å². The Kier molecular flexibility index (Phi) is 8.09. The van der Waals surface area contributed by atoms with E-state index in [2.05, 4.69) is 64.3 Å². The average molecular weight is 434 g/mol. The number of pyridine rings is 1. The topological polar surface area (TPSA) is 19.4 Å². The van der Waals surface area contributed by atoms with E-state index in [9.17, 15) is 0 Å². The van der Waals surface area contributed by atoms with Gasteiger partial charge in [-0.3, -0.25) is 0 Å². The van der Waals surface area contributed by atoms with E-state index in [-0.39, 0.29) is 0 Å². The van der Waals surface area contributed by atoms with Crippen LogP contribution in [0, 0.1) is 0 Å². The largest absolute Gasteiger partial charge is 0.352 e. The van der Waals surface area contributed by atoms with Crippen LogP contribution >= 0.6 is 9.53 Å². The van der Waals surface area contributed by atoms with Gasteiger partial charge in [0, 0.05) is 12.7 Å². The zero-order chi connectivity index (χ0) is 17.2. The molecule has 3 nitrogen and oxygen atoms in total. The Bertz CT molecular complexity index is 671. The Hall–Kier alpha value is -1.56. The van der Waals surface area contributed by atoms with E-state index in [1.165, 1.54) is 11.4 Å². The summed E-state index contributed by atoms with van der Waals surface area (Å²) in [6, 6.07) is 14.6. The van der Waals surface area contributed by atoms with Crippen LogP contribution < -0.4 is 9.80 Å². The first kappa shape index (κ1) is 18.8. The molecule has 0 radical (unpaired) electrons. The Balaban J connectivity index is 0.000000301. The maximum atomic E-state index is 5.33. The second-order valence-electron chi connectivity index (χ2n) is 5.13. The summed E-state index contributed by atoms with van der Waals surface area (Å²) >= 11 is 0.326. The summed E-state index contributed by atoms with van der Waals surface area (Å²) in [4.78, 5) is 10.1. The van der Waals surface area contributed by atoms with Gasteiger partial charge in [0.05, 0.1) is 18.0 Å². The molecular formula is C19H22ClN3Pd. The molecular weight excluding hydrogens is 412 g/mol. The number of nitrogens with zero attached hydrogens (tertiary/aromatic N) is 3. The molecule has 0 aliphatic carbocycles. The fourth-order valence-electron chi connectivity index (χ4n) is 2.52. The number of halogens is 1. The van der Waals surface area contributed by atoms with Gasteiger partial charge in [0.25, 0.3) is 0 Å². The van der Waals surface area contributed by atoms with Gasteiger partial charge in [-0.2, -0.15) is 0 Å². The predicted molar refractivity (Wildman–Crippen MR) is 99.7 cm³/mol. The molecule has 2 heterocycles. The maximum Gasteiger partial charge on any atom is 0.134 e. The van der Waals surface area contributed by atoms with Crippen molar-refractivity contribution in [3.63, 3.8) is 0 Å². The average Bonchev–Trinajstić information content (AvgIpc) is 3.00. The molecule has 0 unspecified atom stereocenters. The summed E-state index contributed by atoms with van der Waals surface area (Å²) in [5.41, 5.74) is 5.19. The van der Waals surface area contributed by atoms with Crippen LogP contribution in [-0.2, 0) is 17.0 Å². The third kappa shape index (κ3) is 4.97. The van der Waals surface area contributed by atoms with Crippen LogP contribution in [0.4, 0.5) is 17.2 Å². The fourth-order valence-corrected chi connectivity index (χ4v) is 3.16. The molecule has 0 saturated heterocycles. The van der Waals surface area contributed by atoms with E-state index in [1.54, 1.807) is 0 Å². The Morgan fingerprint density at radius 2 is 2.00 bits per heavy atom. The summed E-state index contributed by atoms with van der Waals surface area (Å²) in [5.74, 6) is 1.02. The van der Waals surface area contributed by atoms with Gasteiger partial charge in [0.1, 0.15) is 5.82 Å². The molecule has 0 bridgehead atoms. The van der Waals surface area contributed by atoms with Crippen LogP contribution in [0.15, 0.2) is 67.0 Å². The number of rotatable bonds is 5. The Labute approximate surface area is 156 Å².